The second-order valence-corrected chi connectivity index (χ2v) is 7.78. The van der Waals surface area contributed by atoms with Gasteiger partial charge in [-0.3, -0.25) is 4.79 Å². The summed E-state index contributed by atoms with van der Waals surface area (Å²) in [5.74, 6) is -0.946. The van der Waals surface area contributed by atoms with Crippen molar-refractivity contribution in [3.63, 3.8) is 0 Å². The quantitative estimate of drug-likeness (QED) is 0.477. The highest BCUT2D eigenvalue weighted by Gasteiger charge is 2.37. The van der Waals surface area contributed by atoms with Crippen LogP contribution >= 0.6 is 11.6 Å². The molecule has 5 nitrogen and oxygen atoms in total. The number of ether oxygens (including phenoxy) is 2. The van der Waals surface area contributed by atoms with Gasteiger partial charge in [0.25, 0.3) is 0 Å². The van der Waals surface area contributed by atoms with Crippen molar-refractivity contribution in [3.8, 4) is 0 Å². The molecule has 1 heterocycles. The van der Waals surface area contributed by atoms with Crippen LogP contribution in [0.5, 0.6) is 0 Å². The van der Waals surface area contributed by atoms with Gasteiger partial charge >= 0.3 is 5.97 Å². The van der Waals surface area contributed by atoms with Crippen molar-refractivity contribution in [2.75, 3.05) is 20.3 Å². The van der Waals surface area contributed by atoms with E-state index in [2.05, 4.69) is 0 Å². The van der Waals surface area contributed by atoms with Gasteiger partial charge in [0.15, 0.2) is 0 Å². The molecular weight excluding hydrogens is 402 g/mol. The van der Waals surface area contributed by atoms with Gasteiger partial charge in [-0.15, -0.1) is 0 Å². The maximum atomic E-state index is 13.1. The predicted molar refractivity (Wildman–Crippen MR) is 116 cm³/mol. The van der Waals surface area contributed by atoms with Crippen molar-refractivity contribution in [2.45, 2.75) is 32.7 Å². The highest BCUT2D eigenvalue weighted by molar-refractivity contribution is 6.31. The van der Waals surface area contributed by atoms with Crippen LogP contribution in [0.25, 0.3) is 0 Å². The van der Waals surface area contributed by atoms with E-state index in [1.54, 1.807) is 25.0 Å². The monoisotopic (exact) mass is 427 g/mol. The number of hydrogen-bond acceptors (Lipinski definition) is 4. The molecule has 1 amide bonds. The van der Waals surface area contributed by atoms with E-state index in [4.69, 9.17) is 21.1 Å². The van der Waals surface area contributed by atoms with Crippen molar-refractivity contribution in [1.82, 2.24) is 4.90 Å². The summed E-state index contributed by atoms with van der Waals surface area (Å²) in [4.78, 5) is 27.8. The van der Waals surface area contributed by atoms with Gasteiger partial charge in [0.1, 0.15) is 6.61 Å². The van der Waals surface area contributed by atoms with Crippen LogP contribution in [0.2, 0.25) is 5.02 Å². The minimum atomic E-state index is -0.449. The van der Waals surface area contributed by atoms with Crippen molar-refractivity contribution in [2.24, 2.45) is 0 Å². The number of allylic oxidation sites excluding steroid dienone is 1. The third-order valence-corrected chi connectivity index (χ3v) is 5.61. The normalized spacial score (nSPS) is 16.7. The first kappa shape index (κ1) is 22.1. The second-order valence-electron chi connectivity index (χ2n) is 7.37. The Kier molecular flexibility index (Phi) is 7.29. The van der Waals surface area contributed by atoms with E-state index in [-0.39, 0.29) is 18.9 Å². The number of carbonyl (C=O) groups is 2. The number of benzene rings is 2. The van der Waals surface area contributed by atoms with Crippen molar-refractivity contribution < 1.29 is 19.1 Å². The lowest BCUT2D eigenvalue weighted by molar-refractivity contribution is -0.141. The van der Waals surface area contributed by atoms with Gasteiger partial charge in [-0.25, -0.2) is 4.79 Å². The summed E-state index contributed by atoms with van der Waals surface area (Å²) in [7, 11) is 1.55. The lowest BCUT2D eigenvalue weighted by Crippen LogP contribution is -2.38. The first-order chi connectivity index (χ1) is 14.4. The molecule has 158 valence electrons. The van der Waals surface area contributed by atoms with Crippen molar-refractivity contribution in [3.05, 3.63) is 81.5 Å². The first-order valence-corrected chi connectivity index (χ1v) is 10.3. The number of halogens is 1. The molecule has 0 aromatic heterocycles. The minimum Gasteiger partial charge on any atom is -0.460 e. The number of rotatable bonds is 7. The Morgan fingerprint density at radius 1 is 1.13 bits per heavy atom. The van der Waals surface area contributed by atoms with E-state index in [1.165, 1.54) is 0 Å². The van der Waals surface area contributed by atoms with Crippen LogP contribution in [0.1, 0.15) is 36.0 Å². The molecule has 1 atom stereocenters. The molecule has 0 spiro atoms. The van der Waals surface area contributed by atoms with Gasteiger partial charge in [0.2, 0.25) is 5.91 Å². The van der Waals surface area contributed by atoms with Crippen LogP contribution in [0.4, 0.5) is 0 Å². The van der Waals surface area contributed by atoms with E-state index < -0.39 is 11.9 Å². The molecule has 0 radical (unpaired) electrons. The van der Waals surface area contributed by atoms with Crippen LogP contribution in [0.3, 0.4) is 0 Å². The van der Waals surface area contributed by atoms with Crippen LogP contribution in [0.15, 0.2) is 59.8 Å². The molecule has 0 N–H and O–H groups in total. The summed E-state index contributed by atoms with van der Waals surface area (Å²) < 4.78 is 10.4. The zero-order valence-corrected chi connectivity index (χ0v) is 18.2. The molecular formula is C24H26ClNO4. The van der Waals surface area contributed by atoms with Gasteiger partial charge in [-0.1, -0.05) is 59.6 Å². The number of aryl methyl sites for hydroxylation is 1. The smallest absolute Gasteiger partial charge is 0.336 e. The molecule has 0 saturated heterocycles. The van der Waals surface area contributed by atoms with Crippen LogP contribution in [-0.4, -0.2) is 37.1 Å². The fourth-order valence-corrected chi connectivity index (χ4v) is 4.05. The number of esters is 1. The highest BCUT2D eigenvalue weighted by atomic mass is 35.5. The highest BCUT2D eigenvalue weighted by Crippen LogP contribution is 2.40. The summed E-state index contributed by atoms with van der Waals surface area (Å²) in [5.41, 5.74) is 3.94. The van der Waals surface area contributed by atoms with Crippen molar-refractivity contribution in [1.29, 1.82) is 0 Å². The zero-order valence-electron chi connectivity index (χ0n) is 17.5. The molecule has 6 heteroatoms. The molecule has 1 aliphatic rings. The van der Waals surface area contributed by atoms with Crippen LogP contribution < -0.4 is 0 Å². The van der Waals surface area contributed by atoms with E-state index in [0.717, 1.165) is 16.7 Å². The average Bonchev–Trinajstić information content (AvgIpc) is 2.71. The number of nitrogens with zero attached hydrogens (tertiary/aromatic N) is 1. The molecule has 2 aromatic carbocycles. The Labute approximate surface area is 182 Å². The summed E-state index contributed by atoms with van der Waals surface area (Å²) >= 11 is 6.41. The molecule has 0 bridgehead atoms. The predicted octanol–water partition coefficient (Wildman–Crippen LogP) is 4.63. The number of amides is 1. The maximum absolute atomic E-state index is 13.1. The topological polar surface area (TPSA) is 55.8 Å². The van der Waals surface area contributed by atoms with E-state index in [9.17, 15) is 9.59 Å². The zero-order chi connectivity index (χ0) is 21.7. The van der Waals surface area contributed by atoms with Crippen LogP contribution in [0, 0.1) is 6.92 Å². The third-order valence-electron chi connectivity index (χ3n) is 5.27. The Morgan fingerprint density at radius 2 is 1.90 bits per heavy atom. The molecule has 1 aliphatic heterocycles. The SMILES string of the molecule is COCCOC(=O)C1=C(C)N(Cc2cccc(C)c2)C(=O)CC1c1ccccc1Cl. The number of methoxy groups -OCH3 is 1. The molecule has 0 saturated carbocycles. The van der Waals surface area contributed by atoms with Gasteiger partial charge in [-0.05, 0) is 31.0 Å². The number of hydrogen-bond donors (Lipinski definition) is 0. The summed E-state index contributed by atoms with van der Waals surface area (Å²) in [5, 5.41) is 0.525. The lowest BCUT2D eigenvalue weighted by atomic mass is 9.83. The standard InChI is InChI=1S/C24H26ClNO4/c1-16-7-6-8-18(13-16)15-26-17(2)23(24(28)30-12-11-29-3)20(14-22(26)27)19-9-4-5-10-21(19)25/h4-10,13,20H,11-12,14-15H2,1-3H3. The van der Waals surface area contributed by atoms with E-state index in [0.29, 0.717) is 29.4 Å². The average molecular weight is 428 g/mol. The Morgan fingerprint density at radius 3 is 2.60 bits per heavy atom. The molecule has 2 aromatic rings. The lowest BCUT2D eigenvalue weighted by Gasteiger charge is -2.35. The van der Waals surface area contributed by atoms with E-state index >= 15 is 0 Å². The largest absolute Gasteiger partial charge is 0.460 e. The van der Waals surface area contributed by atoms with E-state index in [1.807, 2.05) is 49.4 Å². The molecule has 1 unspecified atom stereocenters. The fraction of sp³-hybridized carbons (Fsp3) is 0.333. The molecule has 0 aliphatic carbocycles. The van der Waals surface area contributed by atoms with Gasteiger partial charge < -0.3 is 14.4 Å². The third kappa shape index (κ3) is 4.91. The molecule has 0 fully saturated rings. The maximum Gasteiger partial charge on any atom is 0.336 e. The summed E-state index contributed by atoms with van der Waals surface area (Å²) in [6.45, 7) is 4.66. The minimum absolute atomic E-state index is 0.0487. The fourth-order valence-electron chi connectivity index (χ4n) is 3.78. The number of carbonyl (C=O) groups excluding carboxylic acids is 2. The van der Waals surface area contributed by atoms with Gasteiger partial charge in [0, 0.05) is 30.2 Å². The van der Waals surface area contributed by atoms with Gasteiger partial charge in [0.05, 0.1) is 18.7 Å². The molecule has 30 heavy (non-hydrogen) atoms. The van der Waals surface area contributed by atoms with Crippen molar-refractivity contribution >= 4 is 23.5 Å². The summed E-state index contributed by atoms with van der Waals surface area (Å²) in [6.07, 6.45) is 0.154. The van der Waals surface area contributed by atoms with Gasteiger partial charge in [-0.2, -0.15) is 0 Å². The Hall–Kier alpha value is -2.63. The van der Waals surface area contributed by atoms with Crippen LogP contribution in [-0.2, 0) is 25.6 Å². The summed E-state index contributed by atoms with van der Waals surface area (Å²) in [6, 6.07) is 15.3. The first-order valence-electron chi connectivity index (χ1n) is 9.89. The second kappa shape index (κ2) is 9.92. The molecule has 3 rings (SSSR count). The Balaban J connectivity index is 2.01. The Bertz CT molecular complexity index is 969.